The van der Waals surface area contributed by atoms with Crippen LogP contribution in [0.3, 0.4) is 0 Å². The van der Waals surface area contributed by atoms with E-state index in [4.69, 9.17) is 15.2 Å². The van der Waals surface area contributed by atoms with E-state index in [-0.39, 0.29) is 30.8 Å². The van der Waals surface area contributed by atoms with Crippen molar-refractivity contribution in [3.63, 3.8) is 0 Å². The topological polar surface area (TPSA) is 93.9 Å². The molecule has 8 heteroatoms. The molecule has 0 heterocycles. The lowest BCUT2D eigenvalue weighted by Gasteiger charge is -2.23. The third-order valence-corrected chi connectivity index (χ3v) is 4.18. The van der Waals surface area contributed by atoms with Gasteiger partial charge in [-0.05, 0) is 36.7 Å². The number of ether oxygens (including phenoxy) is 2. The highest BCUT2D eigenvalue weighted by atomic mass is 35.5. The number of hydrogen-bond acceptors (Lipinski definition) is 5. The Bertz CT molecular complexity index is 787. The smallest absolute Gasteiger partial charge is 0.257 e. The molecule has 0 saturated carbocycles. The molecule has 0 radical (unpaired) electrons. The van der Waals surface area contributed by atoms with E-state index in [9.17, 15) is 9.59 Å². The number of carbonyl (C=O) groups excluding carboxylic acids is 2. The normalized spacial score (nSPS) is 9.90. The monoisotopic (exact) mass is 421 g/mol. The Morgan fingerprint density at radius 2 is 1.83 bits per heavy atom. The summed E-state index contributed by atoms with van der Waals surface area (Å²) in [6.07, 6.45) is 0.711. The van der Waals surface area contributed by atoms with Crippen LogP contribution in [-0.2, 0) is 11.3 Å². The zero-order valence-electron chi connectivity index (χ0n) is 16.7. The molecule has 0 aliphatic carbocycles. The van der Waals surface area contributed by atoms with Crippen LogP contribution in [0.1, 0.15) is 22.3 Å². The van der Waals surface area contributed by atoms with Crippen molar-refractivity contribution in [3.8, 4) is 11.5 Å². The molecule has 2 rings (SSSR count). The molecular weight excluding hydrogens is 394 g/mol. The highest BCUT2D eigenvalue weighted by molar-refractivity contribution is 5.95. The van der Waals surface area contributed by atoms with Gasteiger partial charge in [0.2, 0.25) is 0 Å². The summed E-state index contributed by atoms with van der Waals surface area (Å²) >= 11 is 0. The maximum Gasteiger partial charge on any atom is 0.257 e. The van der Waals surface area contributed by atoms with Gasteiger partial charge in [-0.2, -0.15) is 0 Å². The first-order valence-electron chi connectivity index (χ1n) is 9.13. The van der Waals surface area contributed by atoms with Crippen molar-refractivity contribution in [1.29, 1.82) is 0 Å². The van der Waals surface area contributed by atoms with Gasteiger partial charge in [-0.3, -0.25) is 9.59 Å². The van der Waals surface area contributed by atoms with Crippen LogP contribution in [0.25, 0.3) is 0 Å². The van der Waals surface area contributed by atoms with E-state index in [1.165, 1.54) is 14.2 Å². The number of nitrogens with two attached hydrogens (primary N) is 1. The zero-order valence-corrected chi connectivity index (χ0v) is 17.5. The molecule has 0 fully saturated rings. The number of halogens is 1. The molecule has 0 unspecified atom stereocenters. The van der Waals surface area contributed by atoms with Crippen LogP contribution in [0.15, 0.2) is 48.5 Å². The fourth-order valence-corrected chi connectivity index (χ4v) is 2.66. The highest BCUT2D eigenvalue weighted by Gasteiger charge is 2.18. The number of methoxy groups -OCH3 is 1. The van der Waals surface area contributed by atoms with Crippen molar-refractivity contribution in [2.45, 2.75) is 13.0 Å². The second-order valence-electron chi connectivity index (χ2n) is 6.18. The van der Waals surface area contributed by atoms with Crippen LogP contribution in [-0.4, -0.2) is 50.6 Å². The Morgan fingerprint density at radius 1 is 1.10 bits per heavy atom. The van der Waals surface area contributed by atoms with Crippen LogP contribution in [0.5, 0.6) is 11.5 Å². The molecule has 2 aromatic carbocycles. The quantitative estimate of drug-likeness (QED) is 0.613. The minimum atomic E-state index is -0.252. The summed E-state index contributed by atoms with van der Waals surface area (Å²) in [5, 5.41) is 2.48. The van der Waals surface area contributed by atoms with Crippen LogP contribution in [0.2, 0.25) is 0 Å². The molecule has 2 aromatic rings. The lowest BCUT2D eigenvalue weighted by Crippen LogP contribution is -2.32. The summed E-state index contributed by atoms with van der Waals surface area (Å²) < 4.78 is 10.8. The van der Waals surface area contributed by atoms with Crippen molar-refractivity contribution in [1.82, 2.24) is 10.2 Å². The minimum Gasteiger partial charge on any atom is -0.493 e. The first-order valence-corrected chi connectivity index (χ1v) is 9.13. The number of hydrogen-bond donors (Lipinski definition) is 2. The number of amides is 2. The molecule has 0 aliphatic heterocycles. The average Bonchev–Trinajstić information content (AvgIpc) is 2.74. The standard InChI is InChI=1S/C21H27N3O4.ClH/c1-23-20(25)15-28-18-10-9-17(13-19(18)27-2)21(26)24(12-6-11-22)14-16-7-4-3-5-8-16;/h3-5,7-10,13H,6,11-12,14-15,22H2,1-2H3,(H,23,25);1H. The third kappa shape index (κ3) is 7.29. The predicted molar refractivity (Wildman–Crippen MR) is 115 cm³/mol. The summed E-state index contributed by atoms with van der Waals surface area (Å²) in [7, 11) is 3.03. The number of carbonyl (C=O) groups is 2. The van der Waals surface area contributed by atoms with E-state index in [2.05, 4.69) is 5.32 Å². The van der Waals surface area contributed by atoms with E-state index in [0.717, 1.165) is 5.56 Å². The van der Waals surface area contributed by atoms with E-state index < -0.39 is 0 Å². The van der Waals surface area contributed by atoms with Crippen molar-refractivity contribution >= 4 is 24.2 Å². The average molecular weight is 422 g/mol. The van der Waals surface area contributed by atoms with E-state index >= 15 is 0 Å². The van der Waals surface area contributed by atoms with Gasteiger partial charge < -0.3 is 25.4 Å². The molecular formula is C21H28ClN3O4. The van der Waals surface area contributed by atoms with Crippen LogP contribution >= 0.6 is 12.4 Å². The first kappa shape index (κ1) is 24.3. The summed E-state index contributed by atoms with van der Waals surface area (Å²) in [4.78, 5) is 26.2. The summed E-state index contributed by atoms with van der Waals surface area (Å²) in [5.41, 5.74) is 7.17. The number of benzene rings is 2. The second-order valence-corrected chi connectivity index (χ2v) is 6.18. The molecule has 0 aromatic heterocycles. The number of nitrogens with one attached hydrogen (secondary N) is 1. The molecule has 0 spiro atoms. The van der Waals surface area contributed by atoms with Crippen molar-refractivity contribution in [2.24, 2.45) is 5.73 Å². The maximum atomic E-state index is 13.1. The van der Waals surface area contributed by atoms with Crippen molar-refractivity contribution in [2.75, 3.05) is 33.9 Å². The predicted octanol–water partition coefficient (Wildman–Crippen LogP) is 2.23. The molecule has 2 amide bonds. The number of nitrogens with zero attached hydrogens (tertiary/aromatic N) is 1. The van der Waals surface area contributed by atoms with E-state index in [1.807, 2.05) is 30.3 Å². The molecule has 0 saturated heterocycles. The lowest BCUT2D eigenvalue weighted by molar-refractivity contribution is -0.122. The Morgan fingerprint density at radius 3 is 2.45 bits per heavy atom. The van der Waals surface area contributed by atoms with Gasteiger partial charge in [0.1, 0.15) is 0 Å². The summed E-state index contributed by atoms with van der Waals surface area (Å²) in [5.74, 6) is 0.430. The molecule has 0 aliphatic rings. The lowest BCUT2D eigenvalue weighted by atomic mass is 10.1. The molecule has 158 valence electrons. The van der Waals surface area contributed by atoms with Gasteiger partial charge >= 0.3 is 0 Å². The van der Waals surface area contributed by atoms with Crippen LogP contribution in [0, 0.1) is 0 Å². The van der Waals surface area contributed by atoms with E-state index in [1.54, 1.807) is 23.1 Å². The SMILES string of the molecule is CNC(=O)COc1ccc(C(=O)N(CCCN)Cc2ccccc2)cc1OC.Cl. The van der Waals surface area contributed by atoms with Gasteiger partial charge in [-0.25, -0.2) is 0 Å². The third-order valence-electron chi connectivity index (χ3n) is 4.18. The fraction of sp³-hybridized carbons (Fsp3) is 0.333. The van der Waals surface area contributed by atoms with Crippen molar-refractivity contribution in [3.05, 3.63) is 59.7 Å². The fourth-order valence-electron chi connectivity index (χ4n) is 2.66. The van der Waals surface area contributed by atoms with Gasteiger partial charge in [0.25, 0.3) is 11.8 Å². The summed E-state index contributed by atoms with van der Waals surface area (Å²) in [6, 6.07) is 14.7. The molecule has 3 N–H and O–H groups in total. The summed E-state index contributed by atoms with van der Waals surface area (Å²) in [6.45, 7) is 1.43. The Kier molecular flexibility index (Phi) is 10.6. The van der Waals surface area contributed by atoms with Crippen LogP contribution < -0.4 is 20.5 Å². The van der Waals surface area contributed by atoms with E-state index in [0.29, 0.717) is 43.1 Å². The Labute approximate surface area is 177 Å². The molecule has 29 heavy (non-hydrogen) atoms. The highest BCUT2D eigenvalue weighted by Crippen LogP contribution is 2.28. The number of rotatable bonds is 10. The Hall–Kier alpha value is -2.77. The Balaban J connectivity index is 0.00000420. The molecule has 0 bridgehead atoms. The molecule has 0 atom stereocenters. The van der Waals surface area contributed by atoms with Gasteiger partial charge in [0.15, 0.2) is 18.1 Å². The number of likely N-dealkylation sites (N-methyl/N-ethyl adjacent to an activating group) is 1. The zero-order chi connectivity index (χ0) is 20.4. The minimum absolute atomic E-state index is 0. The van der Waals surface area contributed by atoms with Crippen molar-refractivity contribution < 1.29 is 19.1 Å². The second kappa shape index (κ2) is 12.6. The van der Waals surface area contributed by atoms with Crippen LogP contribution in [0.4, 0.5) is 0 Å². The van der Waals surface area contributed by atoms with Gasteiger partial charge in [0.05, 0.1) is 7.11 Å². The van der Waals surface area contributed by atoms with Gasteiger partial charge in [-0.1, -0.05) is 30.3 Å². The largest absolute Gasteiger partial charge is 0.493 e. The molecule has 7 nitrogen and oxygen atoms in total. The van der Waals surface area contributed by atoms with Gasteiger partial charge in [0, 0.05) is 25.7 Å². The first-order chi connectivity index (χ1) is 13.6. The maximum absolute atomic E-state index is 13.1. The van der Waals surface area contributed by atoms with Gasteiger partial charge in [-0.15, -0.1) is 12.4 Å².